The molecular weight excluding hydrogens is 331 g/mol. The van der Waals surface area contributed by atoms with Crippen LogP contribution in [0.5, 0.6) is 0 Å². The van der Waals surface area contributed by atoms with Crippen molar-refractivity contribution in [3.05, 3.63) is 28.2 Å². The molecule has 4 N–H and O–H groups in total. The fourth-order valence-electron chi connectivity index (χ4n) is 1.25. The van der Waals surface area contributed by atoms with Crippen molar-refractivity contribution < 1.29 is 23.4 Å². The van der Waals surface area contributed by atoms with Gasteiger partial charge in [-0.15, -0.1) is 0 Å². The highest BCUT2D eigenvalue weighted by Crippen LogP contribution is 2.24. The number of hydrogen-bond acceptors (Lipinski definition) is 4. The molecule has 112 valence electrons. The van der Waals surface area contributed by atoms with Gasteiger partial charge in [-0.1, -0.05) is 23.2 Å². The standard InChI is InChI=1S/C10H12Cl2N2O5S/c11-6-1-2-9(8(12)3-6)20(18,19)14-5-7(15)4-13-10(16)17/h1-3,7,13-15H,4-5H2,(H,16,17). The highest BCUT2D eigenvalue weighted by atomic mass is 35.5. The van der Waals surface area contributed by atoms with Gasteiger partial charge in [0.2, 0.25) is 10.0 Å². The zero-order valence-electron chi connectivity index (χ0n) is 10.0. The van der Waals surface area contributed by atoms with Crippen molar-refractivity contribution in [3.63, 3.8) is 0 Å². The van der Waals surface area contributed by atoms with Crippen LogP contribution in [-0.2, 0) is 10.0 Å². The number of rotatable bonds is 6. The van der Waals surface area contributed by atoms with Crippen molar-refractivity contribution in [1.82, 2.24) is 10.0 Å². The smallest absolute Gasteiger partial charge is 0.404 e. The van der Waals surface area contributed by atoms with Crippen molar-refractivity contribution in [2.45, 2.75) is 11.0 Å². The highest BCUT2D eigenvalue weighted by Gasteiger charge is 2.19. The first-order valence-corrected chi connectivity index (χ1v) is 7.56. The number of aliphatic hydroxyl groups is 1. The quantitative estimate of drug-likeness (QED) is 0.613. The summed E-state index contributed by atoms with van der Waals surface area (Å²) in [6, 6.07) is 3.87. The van der Waals surface area contributed by atoms with Gasteiger partial charge in [-0.05, 0) is 18.2 Å². The van der Waals surface area contributed by atoms with Gasteiger partial charge >= 0.3 is 6.09 Å². The van der Waals surface area contributed by atoms with E-state index >= 15 is 0 Å². The average Bonchev–Trinajstić information content (AvgIpc) is 2.33. The van der Waals surface area contributed by atoms with Gasteiger partial charge in [0.1, 0.15) is 4.90 Å². The van der Waals surface area contributed by atoms with Crippen LogP contribution in [0.1, 0.15) is 0 Å². The van der Waals surface area contributed by atoms with E-state index in [0.717, 1.165) is 0 Å². The molecule has 0 aliphatic carbocycles. The van der Waals surface area contributed by atoms with Crippen LogP contribution in [0.15, 0.2) is 23.1 Å². The Bertz CT molecular complexity index is 593. The number of benzene rings is 1. The molecule has 0 aliphatic heterocycles. The summed E-state index contributed by atoms with van der Waals surface area (Å²) >= 11 is 11.4. The molecule has 1 aromatic rings. The molecule has 20 heavy (non-hydrogen) atoms. The second-order valence-electron chi connectivity index (χ2n) is 3.77. The van der Waals surface area contributed by atoms with Gasteiger partial charge in [-0.2, -0.15) is 0 Å². The third-order valence-corrected chi connectivity index (χ3v) is 4.32. The zero-order valence-corrected chi connectivity index (χ0v) is 12.3. The molecule has 0 heterocycles. The fraction of sp³-hybridized carbons (Fsp3) is 0.300. The number of aliphatic hydroxyl groups excluding tert-OH is 1. The minimum atomic E-state index is -3.92. The van der Waals surface area contributed by atoms with E-state index in [1.165, 1.54) is 18.2 Å². The molecule has 0 fully saturated rings. The Morgan fingerprint density at radius 3 is 2.50 bits per heavy atom. The maximum absolute atomic E-state index is 11.9. The summed E-state index contributed by atoms with van der Waals surface area (Å²) in [5, 5.41) is 19.9. The number of amides is 1. The molecule has 10 heteroatoms. The van der Waals surface area contributed by atoms with Crippen LogP contribution in [0.3, 0.4) is 0 Å². The van der Waals surface area contributed by atoms with Crippen LogP contribution in [0.25, 0.3) is 0 Å². The lowest BCUT2D eigenvalue weighted by molar-refractivity contribution is 0.159. The summed E-state index contributed by atoms with van der Waals surface area (Å²) in [5.41, 5.74) is 0. The molecule has 0 spiro atoms. The highest BCUT2D eigenvalue weighted by molar-refractivity contribution is 7.89. The van der Waals surface area contributed by atoms with Gasteiger partial charge in [0, 0.05) is 18.1 Å². The van der Waals surface area contributed by atoms with Crippen LogP contribution in [0.4, 0.5) is 4.79 Å². The Balaban J connectivity index is 2.68. The second kappa shape index (κ2) is 7.09. The van der Waals surface area contributed by atoms with Crippen molar-refractivity contribution in [2.24, 2.45) is 0 Å². The lowest BCUT2D eigenvalue weighted by Gasteiger charge is -2.12. The molecule has 0 bridgehead atoms. The monoisotopic (exact) mass is 342 g/mol. The molecule has 7 nitrogen and oxygen atoms in total. The van der Waals surface area contributed by atoms with Gasteiger partial charge in [0.25, 0.3) is 0 Å². The van der Waals surface area contributed by atoms with Gasteiger partial charge < -0.3 is 15.5 Å². The number of nitrogens with one attached hydrogen (secondary N) is 2. The van der Waals surface area contributed by atoms with Gasteiger partial charge in [0.05, 0.1) is 11.1 Å². The average molecular weight is 343 g/mol. The predicted octanol–water partition coefficient (Wildman–Crippen LogP) is 0.900. The number of carboxylic acid groups (broad SMARTS) is 1. The van der Waals surface area contributed by atoms with E-state index in [1.54, 1.807) is 0 Å². The lowest BCUT2D eigenvalue weighted by atomic mass is 10.4. The van der Waals surface area contributed by atoms with Crippen molar-refractivity contribution in [2.75, 3.05) is 13.1 Å². The molecule has 1 aromatic carbocycles. The first-order valence-electron chi connectivity index (χ1n) is 5.32. The Morgan fingerprint density at radius 2 is 1.95 bits per heavy atom. The molecule has 0 saturated carbocycles. The fourth-order valence-corrected chi connectivity index (χ4v) is 3.10. The Hall–Kier alpha value is -1.06. The van der Waals surface area contributed by atoms with Crippen molar-refractivity contribution in [3.8, 4) is 0 Å². The largest absolute Gasteiger partial charge is 0.465 e. The van der Waals surface area contributed by atoms with E-state index in [4.69, 9.17) is 28.3 Å². The summed E-state index contributed by atoms with van der Waals surface area (Å²) in [6.07, 6.45) is -2.51. The van der Waals surface area contributed by atoms with Crippen LogP contribution >= 0.6 is 23.2 Å². The molecule has 1 rings (SSSR count). The molecule has 1 amide bonds. The van der Waals surface area contributed by atoms with Crippen molar-refractivity contribution in [1.29, 1.82) is 0 Å². The Kier molecular flexibility index (Phi) is 6.03. The normalized spacial score (nSPS) is 12.9. The maximum atomic E-state index is 11.9. The van der Waals surface area contributed by atoms with Gasteiger partial charge in [-0.3, -0.25) is 0 Å². The summed E-state index contributed by atoms with van der Waals surface area (Å²) in [7, 11) is -3.92. The second-order valence-corrected chi connectivity index (χ2v) is 6.35. The minimum Gasteiger partial charge on any atom is -0.465 e. The first-order chi connectivity index (χ1) is 9.22. The van der Waals surface area contributed by atoms with E-state index in [1.807, 2.05) is 5.32 Å². The van der Waals surface area contributed by atoms with Crippen molar-refractivity contribution >= 4 is 39.3 Å². The number of sulfonamides is 1. The SMILES string of the molecule is O=C(O)NCC(O)CNS(=O)(=O)c1ccc(Cl)cc1Cl. The summed E-state index contributed by atoms with van der Waals surface area (Å²) in [6.45, 7) is -0.659. The molecule has 0 aromatic heterocycles. The molecule has 0 radical (unpaired) electrons. The molecule has 0 saturated heterocycles. The van der Waals surface area contributed by atoms with E-state index in [-0.39, 0.29) is 23.0 Å². The lowest BCUT2D eigenvalue weighted by Crippen LogP contribution is -2.39. The van der Waals surface area contributed by atoms with Gasteiger partial charge in [0.15, 0.2) is 0 Å². The number of hydrogen-bond donors (Lipinski definition) is 4. The summed E-state index contributed by atoms with van der Waals surface area (Å²) < 4.78 is 26.0. The maximum Gasteiger partial charge on any atom is 0.404 e. The van der Waals surface area contributed by atoms with E-state index < -0.39 is 22.2 Å². The predicted molar refractivity (Wildman–Crippen MR) is 73.7 cm³/mol. The molecule has 0 aliphatic rings. The minimum absolute atomic E-state index is 0.0526. The van der Waals surface area contributed by atoms with Gasteiger partial charge in [-0.25, -0.2) is 17.9 Å². The molecule has 1 atom stereocenters. The van der Waals surface area contributed by atoms with Crippen LogP contribution in [-0.4, -0.2) is 43.9 Å². The summed E-state index contributed by atoms with van der Waals surface area (Å²) in [5.74, 6) is 0. The van der Waals surface area contributed by atoms with E-state index in [9.17, 15) is 18.3 Å². The summed E-state index contributed by atoms with van der Waals surface area (Å²) in [4.78, 5) is 10.0. The van der Waals surface area contributed by atoms with Crippen LogP contribution < -0.4 is 10.0 Å². The van der Waals surface area contributed by atoms with Crippen LogP contribution in [0.2, 0.25) is 10.0 Å². The first kappa shape index (κ1) is 17.0. The zero-order chi connectivity index (χ0) is 15.3. The van der Waals surface area contributed by atoms with E-state index in [2.05, 4.69) is 4.72 Å². The number of carbonyl (C=O) groups is 1. The Labute approximate surface area is 125 Å². The third-order valence-electron chi connectivity index (χ3n) is 2.18. The topological polar surface area (TPSA) is 116 Å². The third kappa shape index (κ3) is 5.14. The molecule has 1 unspecified atom stereocenters. The number of halogens is 2. The van der Waals surface area contributed by atoms with E-state index in [0.29, 0.717) is 5.02 Å². The Morgan fingerprint density at radius 1 is 1.30 bits per heavy atom. The van der Waals surface area contributed by atoms with Crippen LogP contribution in [0, 0.1) is 0 Å². The molecular formula is C10H12Cl2N2O5S.